The molecular formula is C49H94F6N3O4S2+. The van der Waals surface area contributed by atoms with Gasteiger partial charge in [0, 0.05) is 0 Å². The first-order valence-corrected chi connectivity index (χ1v) is 29.0. The number of hydrogen-bond acceptors (Lipinski definition) is 4. The lowest BCUT2D eigenvalue weighted by Gasteiger charge is -2.11. The van der Waals surface area contributed by atoms with Gasteiger partial charge in [-0.25, -0.2) is 26.0 Å². The van der Waals surface area contributed by atoms with Crippen molar-refractivity contribution in [2.75, 3.05) is 0 Å². The van der Waals surface area contributed by atoms with Crippen molar-refractivity contribution >= 4 is 20.0 Å². The van der Waals surface area contributed by atoms with E-state index in [1.165, 1.54) is 270 Å². The fourth-order valence-corrected chi connectivity index (χ4v) is 9.95. The molecular weight excluding hydrogens is 873 g/mol. The van der Waals surface area contributed by atoms with E-state index in [-0.39, 0.29) is 0 Å². The zero-order valence-corrected chi connectivity index (χ0v) is 42.2. The average molecular weight is 967 g/mol. The molecule has 0 radical (unpaired) electrons. The first kappa shape index (κ1) is 62.6. The van der Waals surface area contributed by atoms with Crippen molar-refractivity contribution in [3.8, 4) is 0 Å². The van der Waals surface area contributed by atoms with Crippen molar-refractivity contribution in [2.45, 2.75) is 295 Å². The molecule has 64 heavy (non-hydrogen) atoms. The lowest BCUT2D eigenvalue weighted by Crippen LogP contribution is -2.45. The maximum atomic E-state index is 11.5. The number of imidazole rings is 1. The molecule has 0 spiro atoms. The molecule has 1 aromatic rings. The van der Waals surface area contributed by atoms with Gasteiger partial charge in [0.15, 0.2) is 0 Å². The topological polar surface area (TPSA) is 89.1 Å². The van der Waals surface area contributed by atoms with Crippen LogP contribution in [0.15, 0.2) is 18.7 Å². The highest BCUT2D eigenvalue weighted by molar-refractivity contribution is 8.05. The van der Waals surface area contributed by atoms with E-state index in [0.717, 1.165) is 0 Å². The van der Waals surface area contributed by atoms with E-state index in [1.54, 1.807) is 0 Å². The van der Waals surface area contributed by atoms with Gasteiger partial charge in [-0.05, 0) is 25.7 Å². The lowest BCUT2D eigenvalue weighted by molar-refractivity contribution is -0.696. The third-order valence-corrected chi connectivity index (χ3v) is 15.1. The van der Waals surface area contributed by atoms with Gasteiger partial charge in [0.25, 0.3) is 0 Å². The molecule has 0 amide bonds. The molecule has 0 atom stereocenters. The summed E-state index contributed by atoms with van der Waals surface area (Å²) in [5.74, 6) is 0. The minimum atomic E-state index is -6.60. The molecule has 1 rings (SSSR count). The van der Waals surface area contributed by atoms with Crippen molar-refractivity contribution in [1.82, 2.24) is 8.69 Å². The van der Waals surface area contributed by atoms with Crippen molar-refractivity contribution in [3.05, 3.63) is 18.7 Å². The van der Waals surface area contributed by atoms with Gasteiger partial charge in [0.2, 0.25) is 6.33 Å². The number of alkyl halides is 6. The molecule has 0 aromatic carbocycles. The fraction of sp³-hybridized carbons (Fsp3) is 0.939. The second-order valence-corrected chi connectivity index (χ2v) is 21.9. The van der Waals surface area contributed by atoms with Crippen molar-refractivity contribution in [2.24, 2.45) is 0 Å². The van der Waals surface area contributed by atoms with Gasteiger partial charge in [-0.2, -0.15) is 26.3 Å². The monoisotopic (exact) mass is 967 g/mol. The Morgan fingerprint density at radius 3 is 0.875 bits per heavy atom. The molecule has 0 aliphatic heterocycles. The second kappa shape index (κ2) is 40.7. The number of unbranched alkanes of at least 4 members (excludes halogenated alkanes) is 38. The summed E-state index contributed by atoms with van der Waals surface area (Å²) >= 11 is 0. The Bertz CT molecular complexity index is 1290. The highest BCUT2D eigenvalue weighted by Crippen LogP contribution is 2.27. The van der Waals surface area contributed by atoms with Crippen LogP contribution in [0.3, 0.4) is 0 Å². The molecule has 0 unspecified atom stereocenters. The Hall–Kier alpha value is -1.35. The van der Waals surface area contributed by atoms with E-state index >= 15 is 0 Å². The van der Waals surface area contributed by atoms with Crippen LogP contribution < -0.4 is 8.69 Å². The van der Waals surface area contributed by atoms with Gasteiger partial charge in [-0.1, -0.05) is 249 Å². The summed E-state index contributed by atoms with van der Waals surface area (Å²) in [6.07, 6.45) is 65.1. The molecule has 0 fully saturated rings. The lowest BCUT2D eigenvalue weighted by atomic mass is 10.0. The highest BCUT2D eigenvalue weighted by Gasteiger charge is 2.55. The Balaban J connectivity index is 0.00000224. The maximum absolute atomic E-state index is 11.5. The summed E-state index contributed by atoms with van der Waals surface area (Å²) in [6.45, 7) is 7.02. The predicted molar refractivity (Wildman–Crippen MR) is 254 cm³/mol. The maximum Gasteiger partial charge on any atom is 0.512 e. The SMILES string of the molecule is CCCCCCCCCCCCCCCCCCCCCCn1cc[n+](CCCCCCCCCCCCCCCCCCCCCC)c1.O=S(=O)(NS(=O)(=O)C(F)(F)F)C(F)(F)F. The number of sulfonamides is 2. The molecule has 7 nitrogen and oxygen atoms in total. The second-order valence-electron chi connectivity index (χ2n) is 18.3. The first-order valence-electron chi connectivity index (χ1n) is 26.0. The Labute approximate surface area is 388 Å². The summed E-state index contributed by atoms with van der Waals surface area (Å²) in [4.78, 5) is 0. The van der Waals surface area contributed by atoms with Gasteiger partial charge in [-0.3, -0.25) is 0 Å². The van der Waals surface area contributed by atoms with E-state index in [4.69, 9.17) is 0 Å². The van der Waals surface area contributed by atoms with Crippen LogP contribution in [-0.4, -0.2) is 32.4 Å². The smallest absolute Gasteiger partial charge is 0.237 e. The summed E-state index contributed by atoms with van der Waals surface area (Å²) in [7, 11) is -13.2. The molecule has 382 valence electrons. The molecule has 1 N–H and O–H groups in total. The summed E-state index contributed by atoms with van der Waals surface area (Å²) < 4.78 is 113. The zero-order chi connectivity index (χ0) is 47.7. The summed E-state index contributed by atoms with van der Waals surface area (Å²) in [6, 6.07) is 0. The Morgan fingerprint density at radius 1 is 0.391 bits per heavy atom. The van der Waals surface area contributed by atoms with Gasteiger partial charge >= 0.3 is 31.1 Å². The van der Waals surface area contributed by atoms with Crippen LogP contribution in [-0.2, 0) is 33.1 Å². The summed E-state index contributed by atoms with van der Waals surface area (Å²) in [5, 5.41) is 0. The zero-order valence-electron chi connectivity index (χ0n) is 40.5. The average Bonchev–Trinajstić information content (AvgIpc) is 3.68. The quantitative estimate of drug-likeness (QED) is 0.0401. The third-order valence-electron chi connectivity index (χ3n) is 12.1. The minimum Gasteiger partial charge on any atom is -0.237 e. The van der Waals surface area contributed by atoms with Crippen LogP contribution in [0.1, 0.15) is 271 Å². The number of hydrogen-bond donors (Lipinski definition) is 1. The molecule has 0 aliphatic rings. The van der Waals surface area contributed by atoms with Gasteiger partial charge in [-0.15, -0.1) is 0 Å². The number of nitrogens with zero attached hydrogens (tertiary/aromatic N) is 2. The van der Waals surface area contributed by atoms with Crippen LogP contribution in [0.2, 0.25) is 0 Å². The van der Waals surface area contributed by atoms with Crippen LogP contribution >= 0.6 is 0 Å². The molecule has 0 saturated heterocycles. The minimum absolute atomic E-state index is 0.493. The predicted octanol–water partition coefficient (Wildman–Crippen LogP) is 16.7. The number of aryl methyl sites for hydroxylation is 2. The number of halogens is 6. The standard InChI is InChI=1S/C47H93N2.C2HF6NO4S2/c1-3-5-7-9-11-13-15-17-19-21-23-25-27-29-31-33-35-37-39-41-43-48-45-46-49(47-48)44-42-40-38-36-34-32-30-28-26-24-22-20-18-16-14-12-10-8-6-4-2;3-1(4,5)14(10,11)9-15(12,13)2(6,7)8/h45-47H,3-44H2,1-2H3;9H/q+1;. The highest BCUT2D eigenvalue weighted by atomic mass is 32.3. The summed E-state index contributed by atoms with van der Waals surface area (Å²) in [5.41, 5.74) is -12.3. The molecule has 15 heteroatoms. The Kier molecular flexibility index (Phi) is 39.8. The molecule has 0 aliphatic carbocycles. The number of aromatic nitrogens is 2. The third kappa shape index (κ3) is 37.7. The van der Waals surface area contributed by atoms with Gasteiger partial charge in [0.1, 0.15) is 12.4 Å². The van der Waals surface area contributed by atoms with E-state index in [9.17, 15) is 43.2 Å². The van der Waals surface area contributed by atoms with Crippen LogP contribution in [0.5, 0.6) is 0 Å². The van der Waals surface area contributed by atoms with E-state index in [2.05, 4.69) is 41.7 Å². The van der Waals surface area contributed by atoms with Crippen molar-refractivity contribution in [1.29, 1.82) is 0 Å². The Morgan fingerprint density at radius 2 is 0.625 bits per heavy atom. The van der Waals surface area contributed by atoms with E-state index < -0.39 is 35.2 Å². The number of rotatable bonds is 44. The molecule has 1 aromatic heterocycles. The van der Waals surface area contributed by atoms with Crippen LogP contribution in [0, 0.1) is 0 Å². The molecule has 0 saturated carbocycles. The van der Waals surface area contributed by atoms with Crippen molar-refractivity contribution < 1.29 is 47.7 Å². The van der Waals surface area contributed by atoms with E-state index in [0.29, 0.717) is 0 Å². The van der Waals surface area contributed by atoms with Crippen LogP contribution in [0.25, 0.3) is 0 Å². The van der Waals surface area contributed by atoms with Crippen LogP contribution in [0.4, 0.5) is 26.3 Å². The van der Waals surface area contributed by atoms with Crippen molar-refractivity contribution in [3.63, 3.8) is 0 Å². The fourth-order valence-electron chi connectivity index (χ4n) is 8.04. The van der Waals surface area contributed by atoms with E-state index in [1.807, 2.05) is 0 Å². The first-order chi connectivity index (χ1) is 30.6. The molecule has 1 heterocycles. The molecule has 0 bridgehead atoms. The largest absolute Gasteiger partial charge is 0.512 e. The van der Waals surface area contributed by atoms with Gasteiger partial charge < -0.3 is 0 Å². The van der Waals surface area contributed by atoms with Gasteiger partial charge in [0.05, 0.1) is 13.1 Å². The number of nitrogens with one attached hydrogen (secondary N) is 1. The normalized spacial score (nSPS) is 12.5.